The van der Waals surface area contributed by atoms with Gasteiger partial charge in [-0.1, -0.05) is 39.0 Å². The number of cyclic esters (lactones) is 1. The first kappa shape index (κ1) is 45.3. The maximum Gasteiger partial charge on any atom is 0.339 e. The molecule has 15 heteroatoms. The minimum Gasteiger partial charge on any atom is -0.459 e. The monoisotopic (exact) mass is 803 g/mol. The van der Waals surface area contributed by atoms with E-state index in [9.17, 15) is 35.1 Å². The molecular weight excluding hydrogens is 738 g/mol. The maximum absolute atomic E-state index is 13.8. The lowest BCUT2D eigenvalue weighted by atomic mass is 9.80. The molecule has 4 heterocycles. The van der Waals surface area contributed by atoms with E-state index >= 15 is 0 Å². The predicted molar refractivity (Wildman–Crippen MR) is 210 cm³/mol. The van der Waals surface area contributed by atoms with Gasteiger partial charge in [-0.2, -0.15) is 0 Å². The molecule has 0 spiro atoms. The molecule has 3 saturated heterocycles. The van der Waals surface area contributed by atoms with E-state index < -0.39 is 89.7 Å². The lowest BCUT2D eigenvalue weighted by Gasteiger charge is -2.45. The molecule has 1 aromatic carbocycles. The van der Waals surface area contributed by atoms with E-state index in [-0.39, 0.29) is 37.2 Å². The van der Waals surface area contributed by atoms with Gasteiger partial charge in [0.25, 0.3) is 0 Å². The highest BCUT2D eigenvalue weighted by Gasteiger charge is 2.64. The van der Waals surface area contributed by atoms with Crippen LogP contribution < -0.4 is 0 Å². The second kappa shape index (κ2) is 17.8. The summed E-state index contributed by atoms with van der Waals surface area (Å²) in [5, 5.41) is 58.7. The topological polar surface area (TPSA) is 201 Å². The number of para-hydroxylation sites is 1. The fourth-order valence-electron chi connectivity index (χ4n) is 9.22. The number of benzene rings is 1. The molecule has 2 aromatic rings. The molecule has 5 N–H and O–H groups in total. The van der Waals surface area contributed by atoms with Crippen LogP contribution >= 0.6 is 0 Å². The molecule has 0 amide bonds. The molecule has 0 aliphatic carbocycles. The van der Waals surface area contributed by atoms with E-state index in [1.807, 2.05) is 57.0 Å². The molecule has 15 nitrogen and oxygen atoms in total. The van der Waals surface area contributed by atoms with Gasteiger partial charge in [0, 0.05) is 42.7 Å². The Morgan fingerprint density at radius 2 is 1.81 bits per heavy atom. The fraction of sp³-hybridized carbons (Fsp3) is 0.738. The van der Waals surface area contributed by atoms with Crippen LogP contribution in [0, 0.1) is 17.8 Å². The highest BCUT2D eigenvalue weighted by molar-refractivity contribution is 5.93. The van der Waals surface area contributed by atoms with Crippen molar-refractivity contribution in [1.82, 2.24) is 14.8 Å². The average molecular weight is 804 g/mol. The van der Waals surface area contributed by atoms with Crippen LogP contribution in [-0.4, -0.2) is 158 Å². The fourth-order valence-corrected chi connectivity index (χ4v) is 9.22. The quantitative estimate of drug-likeness (QED) is 0.232. The number of carbonyl (C=O) groups is 2. The van der Waals surface area contributed by atoms with Gasteiger partial charge in [-0.05, 0) is 86.0 Å². The van der Waals surface area contributed by atoms with Crippen molar-refractivity contribution in [2.45, 2.75) is 147 Å². The predicted octanol–water partition coefficient (Wildman–Crippen LogP) is 2.48. The van der Waals surface area contributed by atoms with Crippen LogP contribution in [0.15, 0.2) is 36.5 Å². The minimum atomic E-state index is -2.08. The summed E-state index contributed by atoms with van der Waals surface area (Å²) in [7, 11) is 3.60. The van der Waals surface area contributed by atoms with Crippen molar-refractivity contribution >= 4 is 22.8 Å². The average Bonchev–Trinajstić information content (AvgIpc) is 3.35. The van der Waals surface area contributed by atoms with Crippen LogP contribution in [0.4, 0.5) is 0 Å². The summed E-state index contributed by atoms with van der Waals surface area (Å²) in [5.41, 5.74) is -1.96. The summed E-state index contributed by atoms with van der Waals surface area (Å²) in [4.78, 5) is 34.6. The highest BCUT2D eigenvalue weighted by Crippen LogP contribution is 2.50. The van der Waals surface area contributed by atoms with Crippen LogP contribution in [0.5, 0.6) is 0 Å². The lowest BCUT2D eigenvalue weighted by molar-refractivity contribution is -0.287. The Balaban J connectivity index is 1.31. The van der Waals surface area contributed by atoms with Crippen molar-refractivity contribution in [2.75, 3.05) is 33.8 Å². The second-order valence-corrected chi connectivity index (χ2v) is 17.4. The summed E-state index contributed by atoms with van der Waals surface area (Å²) in [6, 6.07) is 8.05. The van der Waals surface area contributed by atoms with Gasteiger partial charge >= 0.3 is 11.9 Å². The van der Waals surface area contributed by atoms with Crippen molar-refractivity contribution < 1.29 is 58.8 Å². The van der Waals surface area contributed by atoms with E-state index in [4.69, 9.17) is 23.7 Å². The molecule has 15 atom stereocenters. The summed E-state index contributed by atoms with van der Waals surface area (Å²) in [6.07, 6.45) is -4.63. The zero-order valence-corrected chi connectivity index (χ0v) is 35.1. The Hall–Kier alpha value is -2.83. The Bertz CT molecular complexity index is 1700. The number of hydrogen-bond donors (Lipinski definition) is 5. The number of likely N-dealkylation sites (N-methyl/N-ethyl adjacent to an activating group) is 2. The minimum absolute atomic E-state index is 0.0637. The van der Waals surface area contributed by atoms with E-state index in [0.717, 1.165) is 10.9 Å². The zero-order chi connectivity index (χ0) is 42.2. The summed E-state index contributed by atoms with van der Waals surface area (Å²) in [5.74, 6) is -5.64. The molecule has 1 aromatic heterocycles. The van der Waals surface area contributed by atoms with Crippen molar-refractivity contribution in [2.24, 2.45) is 17.8 Å². The molecule has 0 saturated carbocycles. The largest absolute Gasteiger partial charge is 0.459 e. The number of rotatable bonds is 9. The Morgan fingerprint density at radius 3 is 2.49 bits per heavy atom. The van der Waals surface area contributed by atoms with Crippen molar-refractivity contribution in [1.29, 1.82) is 0 Å². The van der Waals surface area contributed by atoms with E-state index in [2.05, 4.69) is 4.98 Å². The summed E-state index contributed by atoms with van der Waals surface area (Å²) < 4.78 is 30.7. The molecule has 3 aliphatic heterocycles. The van der Waals surface area contributed by atoms with Gasteiger partial charge in [0.05, 0.1) is 28.9 Å². The van der Waals surface area contributed by atoms with Crippen LogP contribution in [0.1, 0.15) is 85.0 Å². The Labute approximate surface area is 336 Å². The summed E-state index contributed by atoms with van der Waals surface area (Å²) >= 11 is 0. The number of aliphatic hydroxyl groups excluding tert-OH is 3. The third kappa shape index (κ3) is 9.48. The van der Waals surface area contributed by atoms with Gasteiger partial charge in [-0.15, -0.1) is 0 Å². The number of hydrogen-bond acceptors (Lipinski definition) is 15. The molecule has 320 valence electrons. The number of esters is 2. The van der Waals surface area contributed by atoms with Crippen LogP contribution in [0.25, 0.3) is 10.9 Å². The SMILES string of the molecule is CC[C@H]1OC(=O)[C@H](C)C2(O)O[C@@](C)(C[C@@H](C)CN(C)[C@H](C)[C@@H](O)[C@]1(C)O)[C@H](O[C@@H]1O[C@H](C)C[C@H](N(C)CC(O)COC(=O)c3cnc4ccccc4c3)C1O)[C@H]2C. The first-order chi connectivity index (χ1) is 26.6. The second-order valence-electron chi connectivity index (χ2n) is 17.4. The van der Waals surface area contributed by atoms with Crippen molar-refractivity contribution in [3.8, 4) is 0 Å². The number of pyridine rings is 1. The first-order valence-electron chi connectivity index (χ1n) is 20.3. The van der Waals surface area contributed by atoms with E-state index in [1.165, 1.54) is 20.0 Å². The summed E-state index contributed by atoms with van der Waals surface area (Å²) in [6.45, 7) is 14.2. The van der Waals surface area contributed by atoms with E-state index in [0.29, 0.717) is 19.4 Å². The highest BCUT2D eigenvalue weighted by atomic mass is 16.7. The van der Waals surface area contributed by atoms with Gasteiger partial charge < -0.3 is 54.1 Å². The lowest BCUT2D eigenvalue weighted by Crippen LogP contribution is -2.59. The standard InChI is InChI=1S/C42H65N3O12/c1-11-33-41(8,51)35(48)27(6)44(9)20-23(2)18-40(7)36(25(4)42(52,57-40)26(5)37(49)55-33)56-39-34(47)32(16-24(3)54-39)45(10)21-30(46)22-53-38(50)29-17-28-14-12-13-15-31(28)43-19-29/h12-15,17,19,23-27,30,32-36,39,46-48,51-52H,11,16,18,20-22H2,1-10H3/t23-,24-,25-,26+,27-,30?,32+,33-,34?,35-,36-,39+,40+,41-,42?/m1/s1. The first-order valence-corrected chi connectivity index (χ1v) is 20.3. The Morgan fingerprint density at radius 1 is 1.12 bits per heavy atom. The zero-order valence-electron chi connectivity index (χ0n) is 35.1. The Kier molecular flexibility index (Phi) is 14.1. The number of fused-ring (bicyclic) bond motifs is 3. The maximum atomic E-state index is 13.8. The number of aromatic nitrogens is 1. The van der Waals surface area contributed by atoms with Crippen molar-refractivity contribution in [3.63, 3.8) is 0 Å². The molecule has 2 bridgehead atoms. The molecular formula is C42H65N3O12. The van der Waals surface area contributed by atoms with Crippen LogP contribution in [0.2, 0.25) is 0 Å². The van der Waals surface area contributed by atoms with E-state index in [1.54, 1.807) is 38.8 Å². The molecule has 3 fully saturated rings. The molecule has 57 heavy (non-hydrogen) atoms. The third-order valence-corrected chi connectivity index (χ3v) is 12.7. The van der Waals surface area contributed by atoms with Gasteiger partial charge in [-0.3, -0.25) is 14.7 Å². The smallest absolute Gasteiger partial charge is 0.339 e. The normalized spacial score (nSPS) is 40.4. The van der Waals surface area contributed by atoms with Crippen molar-refractivity contribution in [3.05, 3.63) is 42.1 Å². The number of aliphatic hydroxyl groups is 5. The van der Waals surface area contributed by atoms with Crippen LogP contribution in [-0.2, 0) is 28.5 Å². The van der Waals surface area contributed by atoms with Gasteiger partial charge in [0.1, 0.15) is 42.5 Å². The van der Waals surface area contributed by atoms with Gasteiger partial charge in [-0.25, -0.2) is 4.79 Å². The molecule has 5 rings (SSSR count). The van der Waals surface area contributed by atoms with Gasteiger partial charge in [0.2, 0.25) is 0 Å². The number of nitrogens with zero attached hydrogens (tertiary/aromatic N) is 3. The number of carbonyl (C=O) groups excluding carboxylic acids is 2. The number of ether oxygens (including phenoxy) is 5. The van der Waals surface area contributed by atoms with Crippen LogP contribution in [0.3, 0.4) is 0 Å². The molecule has 3 aliphatic rings. The molecule has 0 radical (unpaired) electrons. The molecule has 3 unspecified atom stereocenters. The van der Waals surface area contributed by atoms with Gasteiger partial charge in [0.15, 0.2) is 12.1 Å². The third-order valence-electron chi connectivity index (χ3n) is 12.7.